The molecule has 0 saturated carbocycles. The number of pyridine rings is 1. The summed E-state index contributed by atoms with van der Waals surface area (Å²) in [5.41, 5.74) is 3.34. The van der Waals surface area contributed by atoms with E-state index in [1.807, 2.05) is 48.6 Å². The van der Waals surface area contributed by atoms with Crippen LogP contribution >= 0.6 is 0 Å². The highest BCUT2D eigenvalue weighted by molar-refractivity contribution is 5.78. The molecule has 1 aromatic carbocycles. The van der Waals surface area contributed by atoms with Gasteiger partial charge in [-0.25, -0.2) is 0 Å². The third-order valence-corrected chi connectivity index (χ3v) is 5.55. The molecule has 0 bridgehead atoms. The Morgan fingerprint density at radius 1 is 1.22 bits per heavy atom. The van der Waals surface area contributed by atoms with Crippen LogP contribution in [0.2, 0.25) is 0 Å². The fourth-order valence-electron chi connectivity index (χ4n) is 3.97. The molecule has 1 aromatic heterocycles. The molecule has 0 fully saturated rings. The number of allylic oxidation sites excluding steroid dienone is 2. The molecule has 0 amide bonds. The number of hydrogen-bond donors (Lipinski definition) is 2. The van der Waals surface area contributed by atoms with Gasteiger partial charge in [0.05, 0.1) is 5.54 Å². The second-order valence-corrected chi connectivity index (χ2v) is 7.08. The number of nitrogens with zero attached hydrogens (tertiary/aromatic N) is 1. The van der Waals surface area contributed by atoms with E-state index in [2.05, 4.69) is 37.1 Å². The van der Waals surface area contributed by atoms with Crippen LogP contribution in [0.1, 0.15) is 36.1 Å². The monoisotopic (exact) mass is 362 g/mol. The van der Waals surface area contributed by atoms with Gasteiger partial charge in [0.25, 0.3) is 0 Å². The Hall–Kier alpha value is -2.88. The molecule has 2 N–H and O–H groups in total. The zero-order chi connectivity index (χ0) is 19.4. The molecule has 4 heteroatoms. The Balaban J connectivity index is 2.17. The first-order valence-corrected chi connectivity index (χ1v) is 9.33. The Bertz CT molecular complexity index is 873. The van der Waals surface area contributed by atoms with Crippen molar-refractivity contribution in [2.45, 2.75) is 38.6 Å². The lowest BCUT2D eigenvalue weighted by Gasteiger charge is -2.44. The maximum atomic E-state index is 12.2. The SMILES string of the molecule is CCC(c1ccccn1)C1(Nc2cccc(C)c2C)C=CC=CC1C(=O)O. The van der Waals surface area contributed by atoms with Crippen molar-refractivity contribution in [3.63, 3.8) is 0 Å². The second-order valence-electron chi connectivity index (χ2n) is 7.08. The van der Waals surface area contributed by atoms with E-state index in [9.17, 15) is 9.90 Å². The minimum Gasteiger partial charge on any atom is -0.481 e. The summed E-state index contributed by atoms with van der Waals surface area (Å²) in [5, 5.41) is 13.6. The second kappa shape index (κ2) is 7.78. The Morgan fingerprint density at radius 3 is 2.70 bits per heavy atom. The third kappa shape index (κ3) is 3.52. The van der Waals surface area contributed by atoms with Gasteiger partial charge in [-0.3, -0.25) is 9.78 Å². The number of aromatic nitrogens is 1. The summed E-state index contributed by atoms with van der Waals surface area (Å²) in [6.45, 7) is 6.21. The van der Waals surface area contributed by atoms with E-state index in [0.717, 1.165) is 23.4 Å². The number of hydrogen-bond acceptors (Lipinski definition) is 3. The van der Waals surface area contributed by atoms with Gasteiger partial charge in [-0.15, -0.1) is 0 Å². The highest BCUT2D eigenvalue weighted by Gasteiger charge is 2.47. The predicted molar refractivity (Wildman–Crippen MR) is 109 cm³/mol. The van der Waals surface area contributed by atoms with Crippen molar-refractivity contribution >= 4 is 11.7 Å². The molecule has 140 valence electrons. The first-order chi connectivity index (χ1) is 13.0. The van der Waals surface area contributed by atoms with Crippen LogP contribution in [0.5, 0.6) is 0 Å². The van der Waals surface area contributed by atoms with Gasteiger partial charge >= 0.3 is 5.97 Å². The summed E-state index contributed by atoms with van der Waals surface area (Å²) < 4.78 is 0. The first-order valence-electron chi connectivity index (χ1n) is 9.33. The number of benzene rings is 1. The average molecular weight is 362 g/mol. The van der Waals surface area contributed by atoms with Crippen LogP contribution in [-0.4, -0.2) is 21.6 Å². The number of aliphatic carboxylic acids is 1. The molecule has 1 aliphatic carbocycles. The topological polar surface area (TPSA) is 62.2 Å². The van der Waals surface area contributed by atoms with Gasteiger partial charge in [0, 0.05) is 23.5 Å². The van der Waals surface area contributed by atoms with Gasteiger partial charge in [-0.05, 0) is 49.6 Å². The lowest BCUT2D eigenvalue weighted by Crippen LogP contribution is -2.52. The molecule has 2 aromatic rings. The van der Waals surface area contributed by atoms with E-state index in [0.29, 0.717) is 0 Å². The highest BCUT2D eigenvalue weighted by atomic mass is 16.4. The molecule has 0 radical (unpaired) electrons. The summed E-state index contributed by atoms with van der Waals surface area (Å²) in [4.78, 5) is 16.8. The standard InChI is InChI=1S/C23H26N2O2/c1-4-18(21-12-6-8-15-24-21)23(14-7-5-11-19(23)22(26)27)25-20-13-9-10-16(2)17(20)3/h5-15,18-19,25H,4H2,1-3H3,(H,26,27). The van der Waals surface area contributed by atoms with Crippen molar-refractivity contribution in [3.8, 4) is 0 Å². The van der Waals surface area contributed by atoms with Crippen molar-refractivity contribution in [1.29, 1.82) is 0 Å². The largest absolute Gasteiger partial charge is 0.481 e. The smallest absolute Gasteiger partial charge is 0.313 e. The van der Waals surface area contributed by atoms with Gasteiger partial charge < -0.3 is 10.4 Å². The number of anilines is 1. The highest BCUT2D eigenvalue weighted by Crippen LogP contribution is 2.43. The van der Waals surface area contributed by atoms with Crippen molar-refractivity contribution < 1.29 is 9.90 Å². The Kier molecular flexibility index (Phi) is 5.45. The molecule has 3 rings (SSSR count). The molecule has 0 aliphatic heterocycles. The molecule has 0 spiro atoms. The van der Waals surface area contributed by atoms with E-state index >= 15 is 0 Å². The Labute approximate surface area is 160 Å². The number of aryl methyl sites for hydroxylation is 1. The fourth-order valence-corrected chi connectivity index (χ4v) is 3.97. The maximum Gasteiger partial charge on any atom is 0.313 e. The van der Waals surface area contributed by atoms with Crippen LogP contribution in [0.15, 0.2) is 66.9 Å². The summed E-state index contributed by atoms with van der Waals surface area (Å²) >= 11 is 0. The van der Waals surface area contributed by atoms with Crippen LogP contribution in [0, 0.1) is 19.8 Å². The van der Waals surface area contributed by atoms with E-state index in [1.165, 1.54) is 5.56 Å². The van der Waals surface area contributed by atoms with Crippen LogP contribution in [-0.2, 0) is 4.79 Å². The molecule has 1 heterocycles. The first kappa shape index (κ1) is 18.9. The van der Waals surface area contributed by atoms with Crippen LogP contribution in [0.3, 0.4) is 0 Å². The van der Waals surface area contributed by atoms with Crippen molar-refractivity contribution in [2.24, 2.45) is 5.92 Å². The minimum absolute atomic E-state index is 0.0964. The van der Waals surface area contributed by atoms with Crippen LogP contribution < -0.4 is 5.32 Å². The number of rotatable bonds is 6. The predicted octanol–water partition coefficient (Wildman–Crippen LogP) is 4.87. The van der Waals surface area contributed by atoms with Crippen LogP contribution in [0.25, 0.3) is 0 Å². The molecule has 3 atom stereocenters. The van der Waals surface area contributed by atoms with Crippen molar-refractivity contribution in [2.75, 3.05) is 5.32 Å². The van der Waals surface area contributed by atoms with Gasteiger partial charge in [0.2, 0.25) is 0 Å². The Morgan fingerprint density at radius 2 is 2.04 bits per heavy atom. The molecule has 0 saturated heterocycles. The van der Waals surface area contributed by atoms with Gasteiger partial charge in [-0.1, -0.05) is 49.4 Å². The average Bonchev–Trinajstić information content (AvgIpc) is 2.67. The van der Waals surface area contributed by atoms with E-state index in [-0.39, 0.29) is 5.92 Å². The van der Waals surface area contributed by atoms with Gasteiger partial charge in [-0.2, -0.15) is 0 Å². The molecular formula is C23H26N2O2. The zero-order valence-corrected chi connectivity index (χ0v) is 16.0. The van der Waals surface area contributed by atoms with Gasteiger partial charge in [0.1, 0.15) is 5.92 Å². The number of carboxylic acid groups (broad SMARTS) is 1. The summed E-state index contributed by atoms with van der Waals surface area (Å²) in [6, 6.07) is 11.9. The third-order valence-electron chi connectivity index (χ3n) is 5.55. The van der Waals surface area contributed by atoms with E-state index in [4.69, 9.17) is 0 Å². The molecule has 1 aliphatic rings. The van der Waals surface area contributed by atoms with Gasteiger partial charge in [0.15, 0.2) is 0 Å². The lowest BCUT2D eigenvalue weighted by molar-refractivity contribution is -0.141. The molecule has 4 nitrogen and oxygen atoms in total. The molecule has 27 heavy (non-hydrogen) atoms. The quantitative estimate of drug-likeness (QED) is 0.769. The molecular weight excluding hydrogens is 336 g/mol. The molecule has 3 unspecified atom stereocenters. The number of carboxylic acids is 1. The zero-order valence-electron chi connectivity index (χ0n) is 16.0. The van der Waals surface area contributed by atoms with E-state index in [1.54, 1.807) is 12.3 Å². The number of nitrogens with one attached hydrogen (secondary N) is 1. The van der Waals surface area contributed by atoms with Crippen molar-refractivity contribution in [3.05, 3.63) is 83.7 Å². The number of carbonyl (C=O) groups is 1. The summed E-state index contributed by atoms with van der Waals surface area (Å²) in [7, 11) is 0. The fraction of sp³-hybridized carbons (Fsp3) is 0.304. The normalized spacial score (nSPS) is 22.4. The summed E-state index contributed by atoms with van der Waals surface area (Å²) in [5.74, 6) is -1.64. The summed E-state index contributed by atoms with van der Waals surface area (Å²) in [6.07, 6.45) is 10.0. The maximum absolute atomic E-state index is 12.2. The lowest BCUT2D eigenvalue weighted by atomic mass is 9.68. The van der Waals surface area contributed by atoms with E-state index < -0.39 is 17.4 Å². The van der Waals surface area contributed by atoms with Crippen molar-refractivity contribution in [1.82, 2.24) is 4.98 Å². The minimum atomic E-state index is -0.845. The van der Waals surface area contributed by atoms with Crippen LogP contribution in [0.4, 0.5) is 5.69 Å².